The van der Waals surface area contributed by atoms with Crippen molar-refractivity contribution in [3.05, 3.63) is 77.6 Å². The maximum Gasteiger partial charge on any atom is 0.414 e. The molecule has 10 nitrogen and oxygen atoms in total. The summed E-state index contributed by atoms with van der Waals surface area (Å²) in [6.07, 6.45) is 3.30. The van der Waals surface area contributed by atoms with Crippen LogP contribution in [0.5, 0.6) is 5.88 Å². The standard InChI is InChI=1S/C23H21N3O7S/c27-23(19-13-14-24-20-12-6-5-11-18(19)20)32-16-8-2-7-15-31-21-22(26(28)33-25-21)34(29,30)17-9-3-1-4-10-17/h1,3-6,9-14H,2,7-8,15-16H2. The summed E-state index contributed by atoms with van der Waals surface area (Å²) in [5, 5.41) is 15.3. The normalized spacial score (nSPS) is 11.4. The predicted molar refractivity (Wildman–Crippen MR) is 119 cm³/mol. The predicted octanol–water partition coefficient (Wildman–Crippen LogP) is 3.10. The molecule has 0 atom stereocenters. The van der Waals surface area contributed by atoms with Crippen LogP contribution in [0.15, 0.2) is 81.4 Å². The van der Waals surface area contributed by atoms with E-state index in [-0.39, 0.29) is 23.0 Å². The van der Waals surface area contributed by atoms with Gasteiger partial charge in [-0.1, -0.05) is 36.4 Å². The van der Waals surface area contributed by atoms with Crippen molar-refractivity contribution in [1.29, 1.82) is 0 Å². The highest BCUT2D eigenvalue weighted by atomic mass is 32.2. The Labute approximate surface area is 195 Å². The van der Waals surface area contributed by atoms with Gasteiger partial charge in [0.1, 0.15) is 0 Å². The van der Waals surface area contributed by atoms with E-state index in [2.05, 4.69) is 14.8 Å². The molecule has 0 radical (unpaired) electrons. The quantitative estimate of drug-likeness (QED) is 0.189. The Hall–Kier alpha value is -3.99. The second-order valence-electron chi connectivity index (χ2n) is 7.28. The summed E-state index contributed by atoms with van der Waals surface area (Å²) in [4.78, 5) is 16.4. The zero-order chi connectivity index (χ0) is 24.0. The fourth-order valence-electron chi connectivity index (χ4n) is 3.31. The minimum absolute atomic E-state index is 0.0727. The van der Waals surface area contributed by atoms with Crippen LogP contribution in [0.25, 0.3) is 10.9 Å². The Kier molecular flexibility index (Phi) is 7.02. The molecule has 2 aromatic carbocycles. The van der Waals surface area contributed by atoms with Crippen LogP contribution in [0.3, 0.4) is 0 Å². The Morgan fingerprint density at radius 3 is 2.53 bits per heavy atom. The van der Waals surface area contributed by atoms with Gasteiger partial charge in [0.15, 0.2) is 0 Å². The summed E-state index contributed by atoms with van der Waals surface area (Å²) in [6.45, 7) is 0.320. The molecule has 11 heteroatoms. The van der Waals surface area contributed by atoms with Crippen LogP contribution in [0.1, 0.15) is 29.6 Å². The lowest BCUT2D eigenvalue weighted by molar-refractivity contribution is -0.832. The van der Waals surface area contributed by atoms with Crippen LogP contribution in [-0.4, -0.2) is 37.7 Å². The van der Waals surface area contributed by atoms with E-state index < -0.39 is 26.7 Å². The third-order valence-corrected chi connectivity index (χ3v) is 6.71. The molecule has 0 fully saturated rings. The molecular formula is C23H21N3O7S. The van der Waals surface area contributed by atoms with E-state index in [1.165, 1.54) is 12.1 Å². The number of carbonyl (C=O) groups excluding carboxylic acids is 1. The zero-order valence-corrected chi connectivity index (χ0v) is 18.8. The molecule has 0 aliphatic heterocycles. The van der Waals surface area contributed by atoms with E-state index in [9.17, 15) is 18.4 Å². The minimum atomic E-state index is -4.15. The molecule has 0 N–H and O–H groups in total. The Bertz CT molecular complexity index is 1380. The number of sulfone groups is 1. The molecular weight excluding hydrogens is 462 g/mol. The summed E-state index contributed by atoms with van der Waals surface area (Å²) in [5.41, 5.74) is 1.17. The zero-order valence-electron chi connectivity index (χ0n) is 18.0. The van der Waals surface area contributed by atoms with E-state index in [4.69, 9.17) is 9.47 Å². The lowest BCUT2D eigenvalue weighted by atomic mass is 10.1. The van der Waals surface area contributed by atoms with Crippen molar-refractivity contribution < 1.29 is 32.2 Å². The van der Waals surface area contributed by atoms with Gasteiger partial charge < -0.3 is 14.7 Å². The van der Waals surface area contributed by atoms with Crippen molar-refractivity contribution in [3.63, 3.8) is 0 Å². The largest absolute Gasteiger partial charge is 0.462 e. The van der Waals surface area contributed by atoms with Gasteiger partial charge in [-0.2, -0.15) is 0 Å². The van der Waals surface area contributed by atoms with Gasteiger partial charge in [0.25, 0.3) is 9.84 Å². The SMILES string of the molecule is O=C(OCCCCCOc1no[n+]([O-])c1S(=O)(=O)c1ccccc1)c1ccnc2ccccc12. The summed E-state index contributed by atoms with van der Waals surface area (Å²) in [6, 6.07) is 16.4. The van der Waals surface area contributed by atoms with Crippen molar-refractivity contribution in [2.75, 3.05) is 13.2 Å². The van der Waals surface area contributed by atoms with Crippen molar-refractivity contribution in [3.8, 4) is 5.88 Å². The van der Waals surface area contributed by atoms with Crippen molar-refractivity contribution in [2.24, 2.45) is 0 Å². The highest BCUT2D eigenvalue weighted by Gasteiger charge is 2.35. The molecule has 2 heterocycles. The van der Waals surface area contributed by atoms with Crippen LogP contribution in [0, 0.1) is 5.21 Å². The Morgan fingerprint density at radius 2 is 1.71 bits per heavy atom. The molecule has 4 aromatic rings. The number of esters is 1. The number of aromatic nitrogens is 3. The average Bonchev–Trinajstić information content (AvgIpc) is 3.24. The smallest absolute Gasteiger partial charge is 0.414 e. The van der Waals surface area contributed by atoms with Gasteiger partial charge in [-0.25, -0.2) is 13.2 Å². The third kappa shape index (κ3) is 4.99. The number of carbonyl (C=O) groups is 1. The van der Waals surface area contributed by atoms with E-state index in [1.807, 2.05) is 24.3 Å². The first kappa shape index (κ1) is 23.2. The summed E-state index contributed by atoms with van der Waals surface area (Å²) >= 11 is 0. The molecule has 0 spiro atoms. The molecule has 0 saturated carbocycles. The topological polar surface area (TPSA) is 136 Å². The molecule has 4 rings (SSSR count). The van der Waals surface area contributed by atoms with Gasteiger partial charge in [0, 0.05) is 11.6 Å². The molecule has 2 aromatic heterocycles. The Morgan fingerprint density at radius 1 is 0.971 bits per heavy atom. The first-order valence-electron chi connectivity index (χ1n) is 10.5. The fraction of sp³-hybridized carbons (Fsp3) is 0.217. The number of ether oxygens (including phenoxy) is 2. The van der Waals surface area contributed by atoms with Crippen molar-refractivity contribution in [1.82, 2.24) is 10.1 Å². The van der Waals surface area contributed by atoms with Crippen molar-refractivity contribution in [2.45, 2.75) is 29.2 Å². The van der Waals surface area contributed by atoms with E-state index in [1.54, 1.807) is 30.5 Å². The molecule has 0 bridgehead atoms. The lowest BCUT2D eigenvalue weighted by Crippen LogP contribution is -2.30. The third-order valence-electron chi connectivity index (χ3n) is 4.98. The number of pyridine rings is 1. The number of para-hydroxylation sites is 1. The van der Waals surface area contributed by atoms with E-state index in [0.29, 0.717) is 24.8 Å². The number of hydrogen-bond acceptors (Lipinski definition) is 9. The maximum absolute atomic E-state index is 12.7. The molecule has 0 aliphatic carbocycles. The maximum atomic E-state index is 12.7. The molecule has 0 amide bonds. The molecule has 176 valence electrons. The second-order valence-corrected chi connectivity index (χ2v) is 9.14. The number of nitrogens with zero attached hydrogens (tertiary/aromatic N) is 3. The average molecular weight is 484 g/mol. The number of hydrogen-bond donors (Lipinski definition) is 0. The van der Waals surface area contributed by atoms with Gasteiger partial charge in [0.2, 0.25) is 0 Å². The van der Waals surface area contributed by atoms with Crippen LogP contribution >= 0.6 is 0 Å². The van der Waals surface area contributed by atoms with Crippen LogP contribution < -0.4 is 9.64 Å². The van der Waals surface area contributed by atoms with Gasteiger partial charge in [-0.05, 0) is 48.4 Å². The highest BCUT2D eigenvalue weighted by molar-refractivity contribution is 7.91. The first-order valence-corrected chi connectivity index (χ1v) is 12.0. The second kappa shape index (κ2) is 10.3. The fourth-order valence-corrected chi connectivity index (χ4v) is 4.60. The summed E-state index contributed by atoms with van der Waals surface area (Å²) in [7, 11) is -4.15. The van der Waals surface area contributed by atoms with Gasteiger partial charge in [0.05, 0.1) is 34.3 Å². The lowest BCUT2D eigenvalue weighted by Gasteiger charge is -2.07. The van der Waals surface area contributed by atoms with Crippen LogP contribution in [-0.2, 0) is 14.6 Å². The van der Waals surface area contributed by atoms with Crippen molar-refractivity contribution >= 4 is 26.7 Å². The van der Waals surface area contributed by atoms with Crippen LogP contribution in [0.4, 0.5) is 0 Å². The highest BCUT2D eigenvalue weighted by Crippen LogP contribution is 2.25. The summed E-state index contributed by atoms with van der Waals surface area (Å²) < 4.78 is 40.6. The molecule has 0 unspecified atom stereocenters. The van der Waals surface area contributed by atoms with E-state index in [0.717, 1.165) is 10.9 Å². The van der Waals surface area contributed by atoms with Gasteiger partial charge >= 0.3 is 16.9 Å². The van der Waals surface area contributed by atoms with Gasteiger partial charge in [-0.15, -0.1) is 0 Å². The molecule has 34 heavy (non-hydrogen) atoms. The minimum Gasteiger partial charge on any atom is -0.462 e. The number of rotatable bonds is 10. The first-order chi connectivity index (χ1) is 16.5. The number of unbranched alkanes of at least 4 members (excludes halogenated alkanes) is 2. The summed E-state index contributed by atoms with van der Waals surface area (Å²) in [5.74, 6) is -0.817. The van der Waals surface area contributed by atoms with Crippen LogP contribution in [0.2, 0.25) is 0 Å². The number of benzene rings is 2. The monoisotopic (exact) mass is 483 g/mol. The molecule has 0 aliphatic rings. The van der Waals surface area contributed by atoms with E-state index >= 15 is 0 Å². The molecule has 0 saturated heterocycles. The van der Waals surface area contributed by atoms with Gasteiger partial charge in [-0.3, -0.25) is 9.61 Å². The number of fused-ring (bicyclic) bond motifs is 1. The Balaban J connectivity index is 1.25.